The summed E-state index contributed by atoms with van der Waals surface area (Å²) in [7, 11) is 6.33. The van der Waals surface area contributed by atoms with Crippen LogP contribution >= 0.6 is 0 Å². The number of aliphatic hydroxyl groups excluding tert-OH is 4. The van der Waals surface area contributed by atoms with Gasteiger partial charge in [0.15, 0.2) is 18.4 Å². The Kier molecular flexibility index (Phi) is 17.9. The summed E-state index contributed by atoms with van der Waals surface area (Å²) in [4.78, 5) is 40.7. The first kappa shape index (κ1) is 45.8. The average molecular weight is 770 g/mol. The lowest BCUT2D eigenvalue weighted by Gasteiger charge is -2.46. The van der Waals surface area contributed by atoms with Crippen molar-refractivity contribution in [2.24, 2.45) is 23.7 Å². The fraction of sp³-hybridized carbons (Fsp3) is 0.769. The third-order valence-electron chi connectivity index (χ3n) is 10.8. The van der Waals surface area contributed by atoms with Gasteiger partial charge in [0.25, 0.3) is 0 Å². The first-order valence-electron chi connectivity index (χ1n) is 18.8. The number of cyclic esters (lactones) is 1. The van der Waals surface area contributed by atoms with Gasteiger partial charge in [-0.05, 0) is 59.7 Å². The van der Waals surface area contributed by atoms with E-state index >= 15 is 0 Å². The standard InChI is InChI=1S/C39H63NO14/c1-11-29-26(19-50-39-37(49-10)36(48-9)33(46)24(6)52-39)16-20(2)12-13-27(42)21(3)17-25(14-15-41)35(22(4)28(43)18-30(44)53-29)54-38-34(47)31(40(7)8)32(45)23(5)51-38/h12-13,15-16,18,21-26,29,31-39,43,45-47H,11,14,17,19H2,1-10H3/b13-12+,20-16+,28-18?/t21-,22+,23?,24?,25+,26-,29-,31?,32?,33?,34?,35-,36?,37?,38?,39?/m1/s1. The minimum Gasteiger partial charge on any atom is -0.512 e. The summed E-state index contributed by atoms with van der Waals surface area (Å²) in [5, 5.41) is 44.1. The third-order valence-corrected chi connectivity index (χ3v) is 10.8. The van der Waals surface area contributed by atoms with Crippen molar-refractivity contribution >= 4 is 18.0 Å². The van der Waals surface area contributed by atoms with Crippen molar-refractivity contribution in [3.05, 3.63) is 35.6 Å². The van der Waals surface area contributed by atoms with E-state index in [1.807, 2.05) is 13.0 Å². The minimum absolute atomic E-state index is 0.00867. The fourth-order valence-electron chi connectivity index (χ4n) is 7.54. The molecule has 3 aliphatic rings. The molecule has 0 saturated carbocycles. The summed E-state index contributed by atoms with van der Waals surface area (Å²) in [5.74, 6) is -4.18. The van der Waals surface area contributed by atoms with Gasteiger partial charge in [0.05, 0.1) is 43.1 Å². The highest BCUT2D eigenvalue weighted by Gasteiger charge is 2.48. The molecule has 0 aromatic carbocycles. The van der Waals surface area contributed by atoms with Crippen LogP contribution in [0.3, 0.4) is 0 Å². The molecule has 15 nitrogen and oxygen atoms in total. The van der Waals surface area contributed by atoms with Crippen molar-refractivity contribution in [1.29, 1.82) is 0 Å². The molecule has 4 N–H and O–H groups in total. The van der Waals surface area contributed by atoms with E-state index in [2.05, 4.69) is 0 Å². The number of rotatable bonds is 11. The van der Waals surface area contributed by atoms with Gasteiger partial charge in [0.2, 0.25) is 0 Å². The number of esters is 1. The molecule has 3 heterocycles. The van der Waals surface area contributed by atoms with E-state index in [1.54, 1.807) is 59.7 Å². The summed E-state index contributed by atoms with van der Waals surface area (Å²) >= 11 is 0. The zero-order valence-corrected chi connectivity index (χ0v) is 33.3. The van der Waals surface area contributed by atoms with Crippen molar-refractivity contribution in [3.63, 3.8) is 0 Å². The van der Waals surface area contributed by atoms with E-state index in [-0.39, 0.29) is 25.2 Å². The predicted octanol–water partition coefficient (Wildman–Crippen LogP) is 2.25. The average Bonchev–Trinajstić information content (AvgIpc) is 3.12. The van der Waals surface area contributed by atoms with Crippen molar-refractivity contribution in [3.8, 4) is 0 Å². The maximum atomic E-state index is 13.5. The summed E-state index contributed by atoms with van der Waals surface area (Å²) in [6, 6.07) is -0.754. The number of hydrogen-bond donors (Lipinski definition) is 4. The molecule has 0 aromatic rings. The second-order valence-electron chi connectivity index (χ2n) is 15.0. The highest BCUT2D eigenvalue weighted by atomic mass is 16.7. The molecule has 15 heteroatoms. The molecule has 10 unspecified atom stereocenters. The number of ether oxygens (including phenoxy) is 7. The molecule has 0 radical (unpaired) electrons. The molecule has 0 aromatic heterocycles. The molecule has 3 rings (SSSR count). The SMILES string of the molecule is CC[C@H]1OC(=O)C=C(O)[C@H](C)[C@@H](OC2OC(C)C(O)C(N(C)C)C2O)[C@@H](CC=O)C[C@@H](C)C(=O)/C=C/C(C)=C/[C@@H]1COC1OC(C)C(O)C(OC)C1OC. The monoisotopic (exact) mass is 769 g/mol. The summed E-state index contributed by atoms with van der Waals surface area (Å²) in [6.07, 6.45) is -3.05. The number of likely N-dealkylation sites (N-methyl/N-ethyl adjacent to an activating group) is 1. The van der Waals surface area contributed by atoms with Gasteiger partial charge in [-0.15, -0.1) is 0 Å². The Morgan fingerprint density at radius 1 is 0.907 bits per heavy atom. The Morgan fingerprint density at radius 2 is 1.54 bits per heavy atom. The first-order valence-corrected chi connectivity index (χ1v) is 18.8. The molecule has 0 bridgehead atoms. The normalized spacial score (nSPS) is 42.1. The number of carbonyl (C=O) groups excluding carboxylic acids is 3. The molecule has 54 heavy (non-hydrogen) atoms. The highest BCUT2D eigenvalue weighted by molar-refractivity contribution is 5.91. The number of carbonyl (C=O) groups is 3. The van der Waals surface area contributed by atoms with Crippen molar-refractivity contribution in [1.82, 2.24) is 4.90 Å². The van der Waals surface area contributed by atoms with Gasteiger partial charge in [-0.3, -0.25) is 4.79 Å². The molecule has 0 aliphatic carbocycles. The number of ketones is 1. The van der Waals surface area contributed by atoms with Crippen LogP contribution in [0, 0.1) is 23.7 Å². The van der Waals surface area contributed by atoms with Crippen molar-refractivity contribution < 1.29 is 68.0 Å². The number of aldehydes is 1. The molecular weight excluding hydrogens is 706 g/mol. The van der Waals surface area contributed by atoms with Crippen LogP contribution < -0.4 is 0 Å². The fourth-order valence-corrected chi connectivity index (χ4v) is 7.54. The number of methoxy groups -OCH3 is 2. The Hall–Kier alpha value is -2.57. The van der Waals surface area contributed by atoms with Crippen LogP contribution in [0.4, 0.5) is 0 Å². The minimum atomic E-state index is -1.32. The smallest absolute Gasteiger partial charge is 0.334 e. The lowest BCUT2D eigenvalue weighted by molar-refractivity contribution is -0.304. The second kappa shape index (κ2) is 21.1. The summed E-state index contributed by atoms with van der Waals surface area (Å²) in [5.41, 5.74) is 0.685. The van der Waals surface area contributed by atoms with Crippen LogP contribution in [-0.4, -0.2) is 152 Å². The lowest BCUT2D eigenvalue weighted by atomic mass is 9.81. The molecule has 2 fully saturated rings. The van der Waals surface area contributed by atoms with Gasteiger partial charge in [-0.2, -0.15) is 0 Å². The summed E-state index contributed by atoms with van der Waals surface area (Å²) in [6.45, 7) is 10.3. The molecule has 2 saturated heterocycles. The second-order valence-corrected chi connectivity index (χ2v) is 15.0. The van der Waals surface area contributed by atoms with Crippen LogP contribution in [0.1, 0.15) is 60.8 Å². The van der Waals surface area contributed by atoms with Crippen molar-refractivity contribution in [2.75, 3.05) is 34.9 Å². The van der Waals surface area contributed by atoms with Gasteiger partial charge >= 0.3 is 5.97 Å². The molecule has 16 atom stereocenters. The quantitative estimate of drug-likeness (QED) is 0.176. The van der Waals surface area contributed by atoms with Gasteiger partial charge in [0, 0.05) is 38.4 Å². The maximum Gasteiger partial charge on any atom is 0.334 e. The molecule has 0 amide bonds. The van der Waals surface area contributed by atoms with Crippen LogP contribution in [-0.2, 0) is 47.5 Å². The van der Waals surface area contributed by atoms with Gasteiger partial charge < -0.3 is 63.3 Å². The molecule has 3 aliphatic heterocycles. The zero-order chi connectivity index (χ0) is 40.4. The Bertz CT molecular complexity index is 1320. The van der Waals surface area contributed by atoms with E-state index in [1.165, 1.54) is 20.3 Å². The zero-order valence-electron chi connectivity index (χ0n) is 33.3. The van der Waals surface area contributed by atoms with E-state index in [0.717, 1.165) is 6.08 Å². The topological polar surface area (TPSA) is 200 Å². The summed E-state index contributed by atoms with van der Waals surface area (Å²) < 4.78 is 41.5. The Labute approximate surface area is 319 Å². The van der Waals surface area contributed by atoms with Crippen LogP contribution in [0.2, 0.25) is 0 Å². The Morgan fingerprint density at radius 3 is 2.13 bits per heavy atom. The first-order chi connectivity index (χ1) is 25.5. The highest BCUT2D eigenvalue weighted by Crippen LogP contribution is 2.35. The predicted molar refractivity (Wildman–Crippen MR) is 196 cm³/mol. The Balaban J connectivity index is 2.00. The van der Waals surface area contributed by atoms with Crippen LogP contribution in [0.15, 0.2) is 35.6 Å². The van der Waals surface area contributed by atoms with E-state index < -0.39 is 109 Å². The van der Waals surface area contributed by atoms with E-state index in [4.69, 9.17) is 33.2 Å². The van der Waals surface area contributed by atoms with E-state index in [9.17, 15) is 34.8 Å². The van der Waals surface area contributed by atoms with Gasteiger partial charge in [-0.1, -0.05) is 38.5 Å². The molecule has 0 spiro atoms. The van der Waals surface area contributed by atoms with Crippen LogP contribution in [0.25, 0.3) is 0 Å². The third kappa shape index (κ3) is 11.5. The number of aliphatic hydroxyl groups is 4. The maximum absolute atomic E-state index is 13.5. The van der Waals surface area contributed by atoms with E-state index in [0.29, 0.717) is 18.3 Å². The number of allylic oxidation sites excluding steroid dienone is 3. The van der Waals surface area contributed by atoms with Gasteiger partial charge in [-0.25, -0.2) is 4.79 Å². The van der Waals surface area contributed by atoms with Crippen molar-refractivity contribution in [2.45, 2.75) is 134 Å². The van der Waals surface area contributed by atoms with Crippen LogP contribution in [0.5, 0.6) is 0 Å². The van der Waals surface area contributed by atoms with Gasteiger partial charge in [0.1, 0.15) is 42.6 Å². The number of nitrogens with zero attached hydrogens (tertiary/aromatic N) is 1. The molecule has 308 valence electrons. The lowest BCUT2D eigenvalue weighted by Crippen LogP contribution is -2.63. The number of hydrogen-bond acceptors (Lipinski definition) is 15. The largest absolute Gasteiger partial charge is 0.512 e. The molecular formula is C39H63NO14.